The number of amides is 2. The third kappa shape index (κ3) is 5.61. The normalized spacial score (nSPS) is 10.4. The lowest BCUT2D eigenvalue weighted by Crippen LogP contribution is -2.32. The number of hydrazone groups is 1. The summed E-state index contributed by atoms with van der Waals surface area (Å²) in [6.07, 6.45) is 3.04. The van der Waals surface area contributed by atoms with Crippen molar-refractivity contribution in [3.63, 3.8) is 0 Å². The van der Waals surface area contributed by atoms with Gasteiger partial charge in [0.2, 0.25) is 0 Å². The van der Waals surface area contributed by atoms with E-state index in [1.807, 2.05) is 0 Å². The van der Waals surface area contributed by atoms with Crippen LogP contribution in [0.4, 0.5) is 5.69 Å². The third-order valence-electron chi connectivity index (χ3n) is 3.03. The number of nitrogens with one attached hydrogen (secondary N) is 2. The number of anilines is 1. The van der Waals surface area contributed by atoms with Gasteiger partial charge in [0.05, 0.1) is 21.9 Å². The van der Waals surface area contributed by atoms with Crippen molar-refractivity contribution >= 4 is 46.9 Å². The molecule has 26 heavy (non-hydrogen) atoms. The smallest absolute Gasteiger partial charge is 0.329 e. The fourth-order valence-corrected chi connectivity index (χ4v) is 2.15. The van der Waals surface area contributed by atoms with Crippen LogP contribution in [0.15, 0.2) is 60.2 Å². The number of rotatable bonds is 6. The van der Waals surface area contributed by atoms with Gasteiger partial charge in [-0.15, -0.1) is 0 Å². The number of ether oxygens (including phenoxy) is 1. The molecule has 2 aromatic carbocycles. The van der Waals surface area contributed by atoms with Gasteiger partial charge in [0.25, 0.3) is 0 Å². The van der Waals surface area contributed by atoms with Gasteiger partial charge >= 0.3 is 11.8 Å². The molecular weight excluding hydrogens is 377 g/mol. The SMILES string of the molecule is C=CCOc1ccc(/C=N\NC(=O)C(=O)Nc2cccc(Cl)c2Cl)cc1. The summed E-state index contributed by atoms with van der Waals surface area (Å²) in [7, 11) is 0. The summed E-state index contributed by atoms with van der Waals surface area (Å²) in [5.74, 6) is -1.17. The van der Waals surface area contributed by atoms with Crippen molar-refractivity contribution in [3.8, 4) is 5.75 Å². The molecule has 6 nitrogen and oxygen atoms in total. The molecule has 8 heteroatoms. The molecule has 0 aliphatic carbocycles. The maximum atomic E-state index is 11.8. The predicted octanol–water partition coefficient (Wildman–Crippen LogP) is 3.65. The molecule has 0 saturated carbocycles. The number of halogens is 2. The fraction of sp³-hybridized carbons (Fsp3) is 0.0556. The Morgan fingerprint density at radius 2 is 1.85 bits per heavy atom. The second kappa shape index (κ2) is 9.60. The van der Waals surface area contributed by atoms with Crippen molar-refractivity contribution < 1.29 is 14.3 Å². The topological polar surface area (TPSA) is 79.8 Å². The van der Waals surface area contributed by atoms with Crippen LogP contribution in [0.2, 0.25) is 10.0 Å². The summed E-state index contributed by atoms with van der Waals surface area (Å²) < 4.78 is 5.35. The van der Waals surface area contributed by atoms with Gasteiger partial charge in [-0.25, -0.2) is 5.43 Å². The quantitative estimate of drug-likeness (QED) is 0.341. The molecule has 0 aliphatic heterocycles. The van der Waals surface area contributed by atoms with Gasteiger partial charge in [-0.2, -0.15) is 5.10 Å². The number of hydrogen-bond acceptors (Lipinski definition) is 4. The van der Waals surface area contributed by atoms with Crippen LogP contribution in [0.25, 0.3) is 0 Å². The van der Waals surface area contributed by atoms with E-state index in [4.69, 9.17) is 27.9 Å². The molecule has 0 radical (unpaired) electrons. The highest BCUT2D eigenvalue weighted by Gasteiger charge is 2.15. The highest BCUT2D eigenvalue weighted by atomic mass is 35.5. The molecule has 0 atom stereocenters. The largest absolute Gasteiger partial charge is 0.490 e. The zero-order valence-corrected chi connectivity index (χ0v) is 15.1. The first-order chi connectivity index (χ1) is 12.5. The maximum Gasteiger partial charge on any atom is 0.329 e. The third-order valence-corrected chi connectivity index (χ3v) is 3.85. The van der Waals surface area contributed by atoms with Crippen molar-refractivity contribution in [1.82, 2.24) is 5.43 Å². The highest BCUT2D eigenvalue weighted by Crippen LogP contribution is 2.29. The molecule has 2 amide bonds. The molecule has 0 heterocycles. The van der Waals surface area contributed by atoms with Gasteiger partial charge in [0.1, 0.15) is 12.4 Å². The fourth-order valence-electron chi connectivity index (χ4n) is 1.80. The Morgan fingerprint density at radius 1 is 1.12 bits per heavy atom. The molecule has 134 valence electrons. The van der Waals surface area contributed by atoms with E-state index >= 15 is 0 Å². The molecule has 0 spiro atoms. The predicted molar refractivity (Wildman–Crippen MR) is 103 cm³/mol. The van der Waals surface area contributed by atoms with E-state index < -0.39 is 11.8 Å². The van der Waals surface area contributed by atoms with E-state index in [9.17, 15) is 9.59 Å². The summed E-state index contributed by atoms with van der Waals surface area (Å²) in [6.45, 7) is 3.98. The minimum Gasteiger partial charge on any atom is -0.490 e. The van der Waals surface area contributed by atoms with Crippen molar-refractivity contribution in [1.29, 1.82) is 0 Å². The van der Waals surface area contributed by atoms with Crippen molar-refractivity contribution in [2.24, 2.45) is 5.10 Å². The number of carbonyl (C=O) groups excluding carboxylic acids is 2. The zero-order chi connectivity index (χ0) is 18.9. The average Bonchev–Trinajstić information content (AvgIpc) is 2.64. The summed E-state index contributed by atoms with van der Waals surface area (Å²) >= 11 is 11.8. The molecule has 0 bridgehead atoms. The zero-order valence-electron chi connectivity index (χ0n) is 13.5. The summed E-state index contributed by atoms with van der Waals surface area (Å²) in [4.78, 5) is 23.6. The number of hydrogen-bond donors (Lipinski definition) is 2. The Labute approximate surface area is 160 Å². The van der Waals surface area contributed by atoms with E-state index in [-0.39, 0.29) is 15.7 Å². The Morgan fingerprint density at radius 3 is 2.54 bits per heavy atom. The first-order valence-corrected chi connectivity index (χ1v) is 8.19. The minimum atomic E-state index is -0.941. The van der Waals surface area contributed by atoms with Gasteiger partial charge in [-0.3, -0.25) is 9.59 Å². The molecule has 0 fully saturated rings. The van der Waals surface area contributed by atoms with Crippen LogP contribution >= 0.6 is 23.2 Å². The molecule has 2 rings (SSSR count). The molecule has 0 aromatic heterocycles. The van der Waals surface area contributed by atoms with Crippen LogP contribution in [0.5, 0.6) is 5.75 Å². The van der Waals surface area contributed by atoms with Gasteiger partial charge < -0.3 is 10.1 Å². The van der Waals surface area contributed by atoms with Gasteiger partial charge in [0.15, 0.2) is 0 Å². The Bertz CT molecular complexity index is 836. The van der Waals surface area contributed by atoms with Gasteiger partial charge in [-0.1, -0.05) is 41.9 Å². The number of carbonyl (C=O) groups is 2. The Balaban J connectivity index is 1.89. The van der Waals surface area contributed by atoms with E-state index in [0.29, 0.717) is 12.4 Å². The lowest BCUT2D eigenvalue weighted by Gasteiger charge is -2.07. The van der Waals surface area contributed by atoms with Crippen LogP contribution in [0.3, 0.4) is 0 Å². The van der Waals surface area contributed by atoms with Crippen LogP contribution in [-0.4, -0.2) is 24.6 Å². The summed E-state index contributed by atoms with van der Waals surface area (Å²) in [5.41, 5.74) is 3.08. The molecule has 0 unspecified atom stereocenters. The van der Waals surface area contributed by atoms with E-state index in [1.165, 1.54) is 12.3 Å². The van der Waals surface area contributed by atoms with Crippen LogP contribution in [0, 0.1) is 0 Å². The maximum absolute atomic E-state index is 11.8. The minimum absolute atomic E-state index is 0.151. The molecule has 2 aromatic rings. The second-order valence-electron chi connectivity index (χ2n) is 4.92. The van der Waals surface area contributed by atoms with Crippen LogP contribution in [-0.2, 0) is 9.59 Å². The van der Waals surface area contributed by atoms with Crippen molar-refractivity contribution in [2.75, 3.05) is 11.9 Å². The van der Waals surface area contributed by atoms with E-state index in [0.717, 1.165) is 5.56 Å². The van der Waals surface area contributed by atoms with Crippen molar-refractivity contribution in [3.05, 3.63) is 70.7 Å². The van der Waals surface area contributed by atoms with E-state index in [2.05, 4.69) is 22.4 Å². The lowest BCUT2D eigenvalue weighted by atomic mass is 10.2. The first-order valence-electron chi connectivity index (χ1n) is 7.43. The number of nitrogens with zero attached hydrogens (tertiary/aromatic N) is 1. The Kier molecular flexibility index (Phi) is 7.20. The summed E-state index contributed by atoms with van der Waals surface area (Å²) in [6, 6.07) is 11.7. The average molecular weight is 392 g/mol. The van der Waals surface area contributed by atoms with Crippen LogP contribution in [0.1, 0.15) is 5.56 Å². The molecule has 0 aliphatic rings. The molecule has 0 saturated heterocycles. The highest BCUT2D eigenvalue weighted by molar-refractivity contribution is 6.45. The van der Waals surface area contributed by atoms with Crippen molar-refractivity contribution in [2.45, 2.75) is 0 Å². The van der Waals surface area contributed by atoms with Crippen LogP contribution < -0.4 is 15.5 Å². The monoisotopic (exact) mass is 391 g/mol. The van der Waals surface area contributed by atoms with Gasteiger partial charge in [0, 0.05) is 0 Å². The lowest BCUT2D eigenvalue weighted by molar-refractivity contribution is -0.136. The van der Waals surface area contributed by atoms with Gasteiger partial charge in [-0.05, 0) is 42.0 Å². The number of benzene rings is 2. The standard InChI is InChI=1S/C18H15Cl2N3O3/c1-2-10-26-13-8-6-12(7-9-13)11-21-23-18(25)17(24)22-15-5-3-4-14(19)16(15)20/h2-9,11H,1,10H2,(H,22,24)(H,23,25)/b21-11-. The Hall–Kier alpha value is -2.83. The summed E-state index contributed by atoms with van der Waals surface area (Å²) in [5, 5.41) is 6.51. The molecule has 2 N–H and O–H groups in total. The first kappa shape index (κ1) is 19.5. The molecular formula is C18H15Cl2N3O3. The van der Waals surface area contributed by atoms with E-state index in [1.54, 1.807) is 42.5 Å². The second-order valence-corrected chi connectivity index (χ2v) is 5.71.